The van der Waals surface area contributed by atoms with Crippen LogP contribution >= 0.6 is 43.2 Å². The Hall–Kier alpha value is -0.560. The predicted octanol–water partition coefficient (Wildman–Crippen LogP) is 4.03. The molecule has 0 bridgehead atoms. The Kier molecular flexibility index (Phi) is 5.89. The molecule has 106 valence electrons. The molecule has 0 aliphatic carbocycles. The van der Waals surface area contributed by atoms with Crippen molar-refractivity contribution in [3.05, 3.63) is 49.3 Å². The molecule has 6 heteroatoms. The van der Waals surface area contributed by atoms with E-state index in [9.17, 15) is 4.79 Å². The summed E-state index contributed by atoms with van der Waals surface area (Å²) in [5.74, 6) is 0.135. The molecule has 0 saturated heterocycles. The van der Waals surface area contributed by atoms with E-state index < -0.39 is 0 Å². The zero-order valence-electron chi connectivity index (χ0n) is 11.0. The fraction of sp³-hybridized carbons (Fsp3) is 0.286. The molecule has 3 nitrogen and oxygen atoms in total. The predicted molar refractivity (Wildman–Crippen MR) is 89.5 cm³/mol. The number of ketones is 1. The molecule has 2 aromatic heterocycles. The molecule has 0 spiro atoms. The van der Waals surface area contributed by atoms with Crippen LogP contribution in [-0.2, 0) is 6.42 Å². The molecule has 0 aliphatic rings. The van der Waals surface area contributed by atoms with Crippen LogP contribution in [0.15, 0.2) is 38.2 Å². The van der Waals surface area contributed by atoms with Crippen LogP contribution in [0.3, 0.4) is 0 Å². The third kappa shape index (κ3) is 4.48. The van der Waals surface area contributed by atoms with Gasteiger partial charge in [0.05, 0.1) is 14.1 Å². The van der Waals surface area contributed by atoms with E-state index in [1.807, 2.05) is 30.1 Å². The Balaban J connectivity index is 1.87. The number of likely N-dealkylation sites (N-methyl/N-ethyl adjacent to an activating group) is 1. The van der Waals surface area contributed by atoms with Crippen LogP contribution in [0.5, 0.6) is 0 Å². The van der Waals surface area contributed by atoms with Crippen molar-refractivity contribution in [1.82, 2.24) is 9.88 Å². The minimum atomic E-state index is 0.135. The monoisotopic (exact) mass is 416 g/mol. The number of thiophene rings is 1. The van der Waals surface area contributed by atoms with Crippen molar-refractivity contribution in [1.29, 1.82) is 0 Å². The average Bonchev–Trinajstić information content (AvgIpc) is 2.77. The first kappa shape index (κ1) is 15.8. The first-order valence-corrected chi connectivity index (χ1v) is 8.52. The molecule has 0 aromatic carbocycles. The first-order chi connectivity index (χ1) is 9.56. The second-order valence-corrected chi connectivity index (χ2v) is 8.25. The number of rotatable bonds is 6. The van der Waals surface area contributed by atoms with E-state index in [0.717, 1.165) is 26.1 Å². The van der Waals surface area contributed by atoms with Crippen LogP contribution in [-0.4, -0.2) is 35.8 Å². The van der Waals surface area contributed by atoms with E-state index in [1.165, 1.54) is 16.9 Å². The lowest BCUT2D eigenvalue weighted by Crippen LogP contribution is -2.28. The van der Waals surface area contributed by atoms with Gasteiger partial charge in [0, 0.05) is 24.5 Å². The highest BCUT2D eigenvalue weighted by molar-refractivity contribution is 9.12. The maximum atomic E-state index is 12.2. The zero-order valence-corrected chi connectivity index (χ0v) is 15.0. The third-order valence-corrected chi connectivity index (χ3v) is 5.24. The number of carbonyl (C=O) groups excluding carboxylic acids is 1. The molecule has 0 N–H and O–H groups in total. The SMILES string of the molecule is CN(CCc1ccncc1)CC(=O)c1cc(Br)sc1Br. The number of carbonyl (C=O) groups is 1. The summed E-state index contributed by atoms with van der Waals surface area (Å²) in [7, 11) is 1.97. The summed E-state index contributed by atoms with van der Waals surface area (Å²) in [5, 5.41) is 0. The van der Waals surface area contributed by atoms with E-state index in [0.29, 0.717) is 6.54 Å². The van der Waals surface area contributed by atoms with E-state index >= 15 is 0 Å². The molecule has 0 aliphatic heterocycles. The topological polar surface area (TPSA) is 33.2 Å². The van der Waals surface area contributed by atoms with Gasteiger partial charge in [-0.3, -0.25) is 14.7 Å². The molecule has 0 fully saturated rings. The lowest BCUT2D eigenvalue weighted by molar-refractivity contribution is 0.0946. The smallest absolute Gasteiger partial charge is 0.178 e. The number of Topliss-reactive ketones (excluding diaryl/α,β-unsaturated/α-hetero) is 1. The number of nitrogens with zero attached hydrogens (tertiary/aromatic N) is 2. The van der Waals surface area contributed by atoms with Crippen LogP contribution in [0.1, 0.15) is 15.9 Å². The Bertz CT molecular complexity index is 586. The third-order valence-electron chi connectivity index (χ3n) is 2.90. The maximum absolute atomic E-state index is 12.2. The van der Waals surface area contributed by atoms with Gasteiger partial charge in [0.25, 0.3) is 0 Å². The van der Waals surface area contributed by atoms with Crippen molar-refractivity contribution in [2.45, 2.75) is 6.42 Å². The van der Waals surface area contributed by atoms with Crippen LogP contribution in [0.4, 0.5) is 0 Å². The summed E-state index contributed by atoms with van der Waals surface area (Å²) in [6.45, 7) is 1.27. The Morgan fingerprint density at radius 3 is 2.65 bits per heavy atom. The molecule has 0 unspecified atom stereocenters. The Morgan fingerprint density at radius 1 is 1.35 bits per heavy atom. The largest absolute Gasteiger partial charge is 0.299 e. The lowest BCUT2D eigenvalue weighted by atomic mass is 10.2. The highest BCUT2D eigenvalue weighted by Crippen LogP contribution is 2.32. The van der Waals surface area contributed by atoms with Gasteiger partial charge in [-0.2, -0.15) is 0 Å². The highest BCUT2D eigenvalue weighted by atomic mass is 79.9. The number of hydrogen-bond donors (Lipinski definition) is 0. The van der Waals surface area contributed by atoms with Crippen molar-refractivity contribution in [3.8, 4) is 0 Å². The molecule has 0 atom stereocenters. The van der Waals surface area contributed by atoms with Crippen LogP contribution < -0.4 is 0 Å². The Labute approximate surface area is 139 Å². The van der Waals surface area contributed by atoms with Gasteiger partial charge in [0.2, 0.25) is 0 Å². The summed E-state index contributed by atoms with van der Waals surface area (Å²) < 4.78 is 1.85. The van der Waals surface area contributed by atoms with Crippen molar-refractivity contribution in [2.24, 2.45) is 0 Å². The molecule has 0 amide bonds. The Morgan fingerprint density at radius 2 is 2.05 bits per heavy atom. The summed E-state index contributed by atoms with van der Waals surface area (Å²) >= 11 is 8.34. The number of hydrogen-bond acceptors (Lipinski definition) is 4. The van der Waals surface area contributed by atoms with Gasteiger partial charge in [-0.1, -0.05) is 0 Å². The van der Waals surface area contributed by atoms with E-state index in [4.69, 9.17) is 0 Å². The summed E-state index contributed by atoms with van der Waals surface area (Å²) in [4.78, 5) is 18.2. The van der Waals surface area contributed by atoms with E-state index in [-0.39, 0.29) is 5.78 Å². The number of halogens is 2. The van der Waals surface area contributed by atoms with Gasteiger partial charge in [0.15, 0.2) is 5.78 Å². The van der Waals surface area contributed by atoms with Crippen LogP contribution in [0.25, 0.3) is 0 Å². The molecule has 2 aromatic rings. The molecular weight excluding hydrogens is 404 g/mol. The minimum Gasteiger partial charge on any atom is -0.299 e. The second-order valence-electron chi connectivity index (χ2n) is 4.50. The van der Waals surface area contributed by atoms with E-state index in [2.05, 4.69) is 36.8 Å². The number of pyridine rings is 1. The highest BCUT2D eigenvalue weighted by Gasteiger charge is 2.15. The first-order valence-electron chi connectivity index (χ1n) is 6.11. The average molecular weight is 418 g/mol. The van der Waals surface area contributed by atoms with Crippen LogP contribution in [0.2, 0.25) is 0 Å². The molecule has 2 rings (SSSR count). The molecular formula is C14H14Br2N2OS. The summed E-state index contributed by atoms with van der Waals surface area (Å²) in [5.41, 5.74) is 1.98. The lowest BCUT2D eigenvalue weighted by Gasteiger charge is -2.15. The quantitative estimate of drug-likeness (QED) is 0.665. The van der Waals surface area contributed by atoms with Crippen LogP contribution in [0, 0.1) is 0 Å². The van der Waals surface area contributed by atoms with Gasteiger partial charge < -0.3 is 0 Å². The van der Waals surface area contributed by atoms with Crippen molar-refractivity contribution in [3.63, 3.8) is 0 Å². The fourth-order valence-electron chi connectivity index (χ4n) is 1.81. The molecule has 0 radical (unpaired) electrons. The standard InChI is InChI=1S/C14H14Br2N2OS/c1-18(7-4-10-2-5-17-6-3-10)9-12(19)11-8-13(15)20-14(11)16/h2-3,5-6,8H,4,7,9H2,1H3. The van der Waals surface area contributed by atoms with E-state index in [1.54, 1.807) is 12.4 Å². The van der Waals surface area contributed by atoms with Crippen molar-refractivity contribution >= 4 is 49.0 Å². The maximum Gasteiger partial charge on any atom is 0.178 e. The van der Waals surface area contributed by atoms with Crippen molar-refractivity contribution < 1.29 is 4.79 Å². The van der Waals surface area contributed by atoms with Gasteiger partial charge in [-0.05, 0) is 69.1 Å². The van der Waals surface area contributed by atoms with Gasteiger partial charge in [-0.25, -0.2) is 0 Å². The zero-order chi connectivity index (χ0) is 14.5. The molecule has 0 saturated carbocycles. The second kappa shape index (κ2) is 7.45. The van der Waals surface area contributed by atoms with Gasteiger partial charge in [-0.15, -0.1) is 11.3 Å². The molecule has 2 heterocycles. The van der Waals surface area contributed by atoms with Crippen molar-refractivity contribution in [2.75, 3.05) is 20.1 Å². The normalized spacial score (nSPS) is 11.0. The molecule has 20 heavy (non-hydrogen) atoms. The van der Waals surface area contributed by atoms with Gasteiger partial charge in [0.1, 0.15) is 0 Å². The number of aromatic nitrogens is 1. The van der Waals surface area contributed by atoms with Gasteiger partial charge >= 0.3 is 0 Å². The minimum absolute atomic E-state index is 0.135. The summed E-state index contributed by atoms with van der Waals surface area (Å²) in [6, 6.07) is 5.87. The summed E-state index contributed by atoms with van der Waals surface area (Å²) in [6.07, 6.45) is 4.50. The fourth-order valence-corrected chi connectivity index (χ4v) is 4.66.